The average Bonchev–Trinajstić information content (AvgIpc) is 2.65. The molecule has 1 aromatic carbocycles. The molecular weight excluding hydrogens is 316 g/mol. The van der Waals surface area contributed by atoms with Gasteiger partial charge in [0.1, 0.15) is 0 Å². The van der Waals surface area contributed by atoms with E-state index < -0.39 is 11.6 Å². The van der Waals surface area contributed by atoms with Crippen molar-refractivity contribution < 1.29 is 8.78 Å². The molecule has 0 unspecified atom stereocenters. The lowest BCUT2D eigenvalue weighted by atomic mass is 10.1. The Morgan fingerprint density at radius 3 is 2.37 bits per heavy atom. The van der Waals surface area contributed by atoms with Crippen molar-refractivity contribution in [3.8, 4) is 11.3 Å². The zero-order valence-electron chi connectivity index (χ0n) is 10.8. The van der Waals surface area contributed by atoms with Crippen LogP contribution in [0.2, 0.25) is 0 Å². The number of aromatic nitrogens is 2. The fourth-order valence-electron chi connectivity index (χ4n) is 1.84. The summed E-state index contributed by atoms with van der Waals surface area (Å²) < 4.78 is 28.8. The van der Waals surface area contributed by atoms with Gasteiger partial charge in [0, 0.05) is 10.0 Å². The minimum atomic E-state index is -0.917. The predicted octanol–water partition coefficient (Wildman–Crippen LogP) is 3.93. The van der Waals surface area contributed by atoms with Gasteiger partial charge in [-0.05, 0) is 48.8 Å². The van der Waals surface area contributed by atoms with E-state index in [1.807, 2.05) is 20.8 Å². The van der Waals surface area contributed by atoms with E-state index in [4.69, 9.17) is 5.73 Å². The van der Waals surface area contributed by atoms with Crippen LogP contribution in [0.5, 0.6) is 0 Å². The second kappa shape index (κ2) is 4.59. The monoisotopic (exact) mass is 329 g/mol. The van der Waals surface area contributed by atoms with Gasteiger partial charge in [-0.15, -0.1) is 0 Å². The molecule has 0 atom stereocenters. The lowest BCUT2D eigenvalue weighted by Crippen LogP contribution is -2.24. The topological polar surface area (TPSA) is 43.8 Å². The van der Waals surface area contributed by atoms with Crippen LogP contribution in [-0.2, 0) is 5.54 Å². The highest BCUT2D eigenvalue weighted by atomic mass is 79.9. The van der Waals surface area contributed by atoms with E-state index in [-0.39, 0.29) is 5.54 Å². The van der Waals surface area contributed by atoms with Crippen LogP contribution in [0.3, 0.4) is 0 Å². The van der Waals surface area contributed by atoms with E-state index in [9.17, 15) is 8.78 Å². The molecule has 2 N–H and O–H groups in total. The van der Waals surface area contributed by atoms with E-state index in [1.165, 1.54) is 6.20 Å². The molecule has 0 aliphatic carbocycles. The van der Waals surface area contributed by atoms with Crippen molar-refractivity contribution in [2.45, 2.75) is 26.3 Å². The number of benzene rings is 1. The van der Waals surface area contributed by atoms with Gasteiger partial charge in [-0.25, -0.2) is 8.78 Å². The Balaban J connectivity index is 2.73. The van der Waals surface area contributed by atoms with Gasteiger partial charge in [0.05, 0.1) is 23.1 Å². The van der Waals surface area contributed by atoms with Crippen LogP contribution in [0.1, 0.15) is 20.8 Å². The fourth-order valence-corrected chi connectivity index (χ4v) is 2.35. The molecule has 102 valence electrons. The van der Waals surface area contributed by atoms with Crippen LogP contribution >= 0.6 is 15.9 Å². The summed E-state index contributed by atoms with van der Waals surface area (Å²) in [4.78, 5) is 0. The van der Waals surface area contributed by atoms with Crippen LogP contribution < -0.4 is 5.73 Å². The number of nitrogen functional groups attached to an aromatic ring is 1. The number of rotatable bonds is 1. The first-order valence-corrected chi connectivity index (χ1v) is 6.50. The van der Waals surface area contributed by atoms with Crippen LogP contribution in [-0.4, -0.2) is 9.78 Å². The van der Waals surface area contributed by atoms with Crippen molar-refractivity contribution in [2.24, 2.45) is 0 Å². The molecule has 6 heteroatoms. The van der Waals surface area contributed by atoms with Gasteiger partial charge in [-0.3, -0.25) is 4.68 Å². The Morgan fingerprint density at radius 1 is 1.21 bits per heavy atom. The van der Waals surface area contributed by atoms with Crippen LogP contribution in [0.15, 0.2) is 22.8 Å². The maximum absolute atomic E-state index is 13.4. The second-order valence-electron chi connectivity index (χ2n) is 5.28. The third-order valence-electron chi connectivity index (χ3n) is 2.70. The minimum absolute atomic E-state index is 0.322. The number of hydrogen-bond acceptors (Lipinski definition) is 2. The molecule has 0 spiro atoms. The molecule has 0 saturated heterocycles. The number of nitrogens with two attached hydrogens (primary N) is 1. The van der Waals surface area contributed by atoms with Gasteiger partial charge in [-0.1, -0.05) is 0 Å². The highest BCUT2D eigenvalue weighted by Gasteiger charge is 2.23. The van der Waals surface area contributed by atoms with E-state index in [0.717, 1.165) is 12.1 Å². The largest absolute Gasteiger partial charge is 0.396 e. The Bertz CT molecular complexity index is 630. The summed E-state index contributed by atoms with van der Waals surface area (Å²) in [5, 5.41) is 4.21. The summed E-state index contributed by atoms with van der Waals surface area (Å²) in [5.41, 5.74) is 7.05. The Kier molecular flexibility index (Phi) is 3.38. The number of anilines is 1. The molecule has 3 nitrogen and oxygen atoms in total. The van der Waals surface area contributed by atoms with E-state index in [2.05, 4.69) is 21.0 Å². The third-order valence-corrected chi connectivity index (χ3v) is 3.35. The van der Waals surface area contributed by atoms with Crippen molar-refractivity contribution in [1.82, 2.24) is 9.78 Å². The van der Waals surface area contributed by atoms with Gasteiger partial charge in [0.2, 0.25) is 0 Å². The molecule has 0 bridgehead atoms. The highest BCUT2D eigenvalue weighted by molar-refractivity contribution is 9.10. The first-order valence-electron chi connectivity index (χ1n) is 5.70. The SMILES string of the molecule is CC(C)(C)n1ncc(N)c1-c1cc(F)c(F)cc1Br. The molecule has 0 fully saturated rings. The Morgan fingerprint density at radius 2 is 1.79 bits per heavy atom. The molecule has 0 amide bonds. The highest BCUT2D eigenvalue weighted by Crippen LogP contribution is 2.36. The lowest BCUT2D eigenvalue weighted by Gasteiger charge is -2.23. The molecule has 0 aliphatic heterocycles. The summed E-state index contributed by atoms with van der Waals surface area (Å²) in [6.07, 6.45) is 1.51. The van der Waals surface area contributed by atoms with Crippen molar-refractivity contribution >= 4 is 21.6 Å². The normalized spacial score (nSPS) is 11.9. The molecule has 0 saturated carbocycles. The Labute approximate surface area is 118 Å². The summed E-state index contributed by atoms with van der Waals surface area (Å²) in [7, 11) is 0. The number of halogens is 3. The zero-order chi connectivity index (χ0) is 14.4. The van der Waals surface area contributed by atoms with E-state index in [0.29, 0.717) is 21.4 Å². The minimum Gasteiger partial charge on any atom is -0.396 e. The van der Waals surface area contributed by atoms with E-state index >= 15 is 0 Å². The van der Waals surface area contributed by atoms with Crippen LogP contribution in [0.25, 0.3) is 11.3 Å². The molecule has 0 aliphatic rings. The van der Waals surface area contributed by atoms with Crippen molar-refractivity contribution in [3.63, 3.8) is 0 Å². The number of nitrogens with zero attached hydrogens (tertiary/aromatic N) is 2. The second-order valence-corrected chi connectivity index (χ2v) is 6.13. The smallest absolute Gasteiger partial charge is 0.159 e. The average molecular weight is 330 g/mol. The van der Waals surface area contributed by atoms with Crippen molar-refractivity contribution in [2.75, 3.05) is 5.73 Å². The molecule has 0 radical (unpaired) electrons. The third kappa shape index (κ3) is 2.49. The molecule has 1 aromatic heterocycles. The maximum Gasteiger partial charge on any atom is 0.159 e. The standard InChI is InChI=1S/C13H14BrF2N3/c1-13(2,3)19-12(11(17)6-18-19)7-4-9(15)10(16)5-8(7)14/h4-6H,17H2,1-3H3. The molecule has 2 rings (SSSR count). The molecule has 19 heavy (non-hydrogen) atoms. The number of hydrogen-bond donors (Lipinski definition) is 1. The first kappa shape index (κ1) is 14.0. The summed E-state index contributed by atoms with van der Waals surface area (Å²) in [5.74, 6) is -1.82. The van der Waals surface area contributed by atoms with Gasteiger partial charge in [0.25, 0.3) is 0 Å². The van der Waals surface area contributed by atoms with Gasteiger partial charge >= 0.3 is 0 Å². The fraction of sp³-hybridized carbons (Fsp3) is 0.308. The van der Waals surface area contributed by atoms with Gasteiger partial charge in [-0.2, -0.15) is 5.10 Å². The zero-order valence-corrected chi connectivity index (χ0v) is 12.4. The van der Waals surface area contributed by atoms with Gasteiger partial charge < -0.3 is 5.73 Å². The van der Waals surface area contributed by atoms with Crippen molar-refractivity contribution in [1.29, 1.82) is 0 Å². The quantitative estimate of drug-likeness (QED) is 0.805. The summed E-state index contributed by atoms with van der Waals surface area (Å²) in [6.45, 7) is 5.87. The lowest BCUT2D eigenvalue weighted by molar-refractivity contribution is 0.360. The molecule has 2 aromatic rings. The maximum atomic E-state index is 13.4. The van der Waals surface area contributed by atoms with Crippen LogP contribution in [0, 0.1) is 11.6 Å². The molecule has 1 heterocycles. The van der Waals surface area contributed by atoms with Crippen LogP contribution in [0.4, 0.5) is 14.5 Å². The van der Waals surface area contributed by atoms with Gasteiger partial charge in [0.15, 0.2) is 11.6 Å². The summed E-state index contributed by atoms with van der Waals surface area (Å²) in [6, 6.07) is 2.21. The molecular formula is C13H14BrF2N3. The first-order chi connectivity index (χ1) is 8.71. The predicted molar refractivity (Wildman–Crippen MR) is 74.7 cm³/mol. The van der Waals surface area contributed by atoms with E-state index in [1.54, 1.807) is 4.68 Å². The van der Waals surface area contributed by atoms with Crippen molar-refractivity contribution in [3.05, 3.63) is 34.4 Å². The summed E-state index contributed by atoms with van der Waals surface area (Å²) >= 11 is 3.23. The Hall–Kier alpha value is -1.43.